The summed E-state index contributed by atoms with van der Waals surface area (Å²) in [7, 11) is 0. The zero-order valence-corrected chi connectivity index (χ0v) is 13.2. The first-order valence-electron chi connectivity index (χ1n) is 7.62. The number of alkyl halides is 3. The Morgan fingerprint density at radius 2 is 1.52 bits per heavy atom. The van der Waals surface area contributed by atoms with Gasteiger partial charge in [-0.3, -0.25) is 0 Å². The maximum atomic E-state index is 12.9. The average Bonchev–Trinajstić information content (AvgIpc) is 2.60. The second kappa shape index (κ2) is 8.53. The van der Waals surface area contributed by atoms with E-state index >= 15 is 0 Å². The minimum Gasteiger partial charge on any atom is -0.445 e. The molecule has 2 rings (SSSR count). The van der Waals surface area contributed by atoms with Crippen molar-refractivity contribution in [3.63, 3.8) is 0 Å². The summed E-state index contributed by atoms with van der Waals surface area (Å²) in [6.07, 6.45) is -8.75. The second-order valence-electron chi connectivity index (χ2n) is 5.49. The Balaban J connectivity index is 2.00. The van der Waals surface area contributed by atoms with Gasteiger partial charge < -0.3 is 15.2 Å². The molecule has 0 radical (unpaired) electrons. The Labute approximate surface area is 143 Å². The molecular formula is C18H18F3NO3. The molecule has 1 amide bonds. The van der Waals surface area contributed by atoms with Crippen LogP contribution in [0.1, 0.15) is 11.1 Å². The van der Waals surface area contributed by atoms with E-state index in [1.807, 2.05) is 0 Å². The van der Waals surface area contributed by atoms with E-state index in [-0.39, 0.29) is 13.0 Å². The molecule has 0 saturated heterocycles. The van der Waals surface area contributed by atoms with Crippen molar-refractivity contribution in [2.24, 2.45) is 0 Å². The van der Waals surface area contributed by atoms with Crippen molar-refractivity contribution in [1.29, 1.82) is 0 Å². The predicted octanol–water partition coefficient (Wildman–Crippen LogP) is 3.45. The fourth-order valence-electron chi connectivity index (χ4n) is 2.25. The Bertz CT molecular complexity index is 662. The number of benzene rings is 2. The van der Waals surface area contributed by atoms with Gasteiger partial charge in [-0.25, -0.2) is 4.79 Å². The fraction of sp³-hybridized carbons (Fsp3) is 0.278. The molecule has 4 nitrogen and oxygen atoms in total. The fourth-order valence-corrected chi connectivity index (χ4v) is 2.25. The Morgan fingerprint density at radius 1 is 1.00 bits per heavy atom. The summed E-state index contributed by atoms with van der Waals surface area (Å²) in [6, 6.07) is 15.5. The van der Waals surface area contributed by atoms with Gasteiger partial charge >= 0.3 is 12.3 Å². The lowest BCUT2D eigenvalue weighted by Crippen LogP contribution is -2.51. The molecule has 0 aliphatic carbocycles. The highest BCUT2D eigenvalue weighted by Crippen LogP contribution is 2.24. The molecule has 0 spiro atoms. The first kappa shape index (κ1) is 18.8. The molecule has 0 fully saturated rings. The van der Waals surface area contributed by atoms with E-state index in [2.05, 4.69) is 5.32 Å². The molecule has 25 heavy (non-hydrogen) atoms. The largest absolute Gasteiger partial charge is 0.445 e. The van der Waals surface area contributed by atoms with Crippen LogP contribution in [0.5, 0.6) is 0 Å². The van der Waals surface area contributed by atoms with Crippen molar-refractivity contribution in [2.75, 3.05) is 0 Å². The van der Waals surface area contributed by atoms with Gasteiger partial charge in [0.25, 0.3) is 0 Å². The number of aliphatic hydroxyl groups excluding tert-OH is 1. The molecule has 2 atom stereocenters. The minimum atomic E-state index is -4.86. The lowest BCUT2D eigenvalue weighted by molar-refractivity contribution is -0.211. The lowest BCUT2D eigenvalue weighted by atomic mass is 10.0. The molecule has 0 aliphatic rings. The molecule has 0 heterocycles. The number of halogens is 3. The van der Waals surface area contributed by atoms with Crippen LogP contribution >= 0.6 is 0 Å². The quantitative estimate of drug-likeness (QED) is 0.836. The maximum Gasteiger partial charge on any atom is 0.416 e. The van der Waals surface area contributed by atoms with Crippen LogP contribution in [0, 0.1) is 0 Å². The van der Waals surface area contributed by atoms with E-state index in [0.29, 0.717) is 11.1 Å². The van der Waals surface area contributed by atoms with Crippen LogP contribution in [0.2, 0.25) is 0 Å². The highest BCUT2D eigenvalue weighted by molar-refractivity contribution is 5.67. The van der Waals surface area contributed by atoms with Gasteiger partial charge in [0.05, 0.1) is 6.04 Å². The highest BCUT2D eigenvalue weighted by atomic mass is 19.4. The van der Waals surface area contributed by atoms with Crippen LogP contribution in [0.15, 0.2) is 60.7 Å². The van der Waals surface area contributed by atoms with E-state index in [9.17, 15) is 23.1 Å². The number of carbonyl (C=O) groups is 1. The Morgan fingerprint density at radius 3 is 2.04 bits per heavy atom. The zero-order chi connectivity index (χ0) is 18.3. The number of alkyl carbamates (subject to hydrolysis) is 1. The number of ether oxygens (including phenoxy) is 1. The van der Waals surface area contributed by atoms with Crippen LogP contribution in [0.25, 0.3) is 0 Å². The van der Waals surface area contributed by atoms with Crippen molar-refractivity contribution < 1.29 is 27.8 Å². The summed E-state index contributed by atoms with van der Waals surface area (Å²) in [6.45, 7) is -0.0765. The van der Waals surface area contributed by atoms with E-state index < -0.39 is 24.4 Å². The lowest BCUT2D eigenvalue weighted by Gasteiger charge is -2.25. The smallest absolute Gasteiger partial charge is 0.416 e. The standard InChI is InChI=1S/C18H18F3NO3/c19-18(20,21)16(23)15(11-13-7-3-1-4-8-13)22-17(24)25-12-14-9-5-2-6-10-14/h1-10,15-16,23H,11-12H2,(H,22,24)/t15-,16?/m0/s1. The van der Waals surface area contributed by atoms with Gasteiger partial charge in [0.1, 0.15) is 6.61 Å². The van der Waals surface area contributed by atoms with Crippen molar-refractivity contribution >= 4 is 6.09 Å². The van der Waals surface area contributed by atoms with Gasteiger partial charge in [0.2, 0.25) is 0 Å². The van der Waals surface area contributed by atoms with Crippen LogP contribution in [0.4, 0.5) is 18.0 Å². The van der Waals surface area contributed by atoms with Crippen LogP contribution in [0.3, 0.4) is 0 Å². The normalized spacial score (nSPS) is 13.8. The number of amides is 1. The van der Waals surface area contributed by atoms with Crippen LogP contribution < -0.4 is 5.32 Å². The number of carbonyl (C=O) groups excluding carboxylic acids is 1. The summed E-state index contributed by atoms with van der Waals surface area (Å²) in [5.41, 5.74) is 1.26. The number of hydrogen-bond donors (Lipinski definition) is 2. The van der Waals surface area contributed by atoms with Crippen molar-refractivity contribution in [2.45, 2.75) is 31.3 Å². The van der Waals surface area contributed by atoms with Crippen LogP contribution in [-0.4, -0.2) is 29.5 Å². The van der Waals surface area contributed by atoms with Crippen molar-refractivity contribution in [3.05, 3.63) is 71.8 Å². The zero-order valence-electron chi connectivity index (χ0n) is 13.2. The SMILES string of the molecule is O=C(N[C@@H](Cc1ccccc1)C(O)C(F)(F)F)OCc1ccccc1. The third-order valence-corrected chi connectivity index (χ3v) is 3.53. The van der Waals surface area contributed by atoms with E-state index in [1.165, 1.54) is 0 Å². The molecule has 2 N–H and O–H groups in total. The number of rotatable bonds is 6. The van der Waals surface area contributed by atoms with E-state index in [1.54, 1.807) is 60.7 Å². The van der Waals surface area contributed by atoms with Gasteiger partial charge in [-0.1, -0.05) is 60.7 Å². The molecular weight excluding hydrogens is 335 g/mol. The number of nitrogens with one attached hydrogen (secondary N) is 1. The summed E-state index contributed by atoms with van der Waals surface area (Å²) < 4.78 is 43.5. The molecule has 134 valence electrons. The van der Waals surface area contributed by atoms with E-state index in [4.69, 9.17) is 4.74 Å². The average molecular weight is 353 g/mol. The highest BCUT2D eigenvalue weighted by Gasteiger charge is 2.44. The molecule has 7 heteroatoms. The van der Waals surface area contributed by atoms with Gasteiger partial charge in [0, 0.05) is 0 Å². The number of aliphatic hydroxyl groups is 1. The molecule has 0 bridgehead atoms. The number of hydrogen-bond acceptors (Lipinski definition) is 3. The Hall–Kier alpha value is -2.54. The van der Waals surface area contributed by atoms with Gasteiger partial charge in [-0.05, 0) is 17.5 Å². The summed E-state index contributed by atoms with van der Waals surface area (Å²) >= 11 is 0. The van der Waals surface area contributed by atoms with E-state index in [0.717, 1.165) is 0 Å². The van der Waals surface area contributed by atoms with Crippen molar-refractivity contribution in [1.82, 2.24) is 5.32 Å². The summed E-state index contributed by atoms with van der Waals surface area (Å²) in [5.74, 6) is 0. The first-order chi connectivity index (χ1) is 11.9. The van der Waals surface area contributed by atoms with Gasteiger partial charge in [0.15, 0.2) is 6.10 Å². The van der Waals surface area contributed by atoms with Crippen LogP contribution in [-0.2, 0) is 17.8 Å². The summed E-state index contributed by atoms with van der Waals surface area (Å²) in [5, 5.41) is 11.7. The maximum absolute atomic E-state index is 12.9. The molecule has 0 saturated carbocycles. The first-order valence-corrected chi connectivity index (χ1v) is 7.62. The second-order valence-corrected chi connectivity index (χ2v) is 5.49. The van der Waals surface area contributed by atoms with Gasteiger partial charge in [-0.15, -0.1) is 0 Å². The van der Waals surface area contributed by atoms with Crippen molar-refractivity contribution in [3.8, 4) is 0 Å². The predicted molar refractivity (Wildman–Crippen MR) is 85.8 cm³/mol. The minimum absolute atomic E-state index is 0.0765. The molecule has 0 aromatic heterocycles. The molecule has 2 aromatic carbocycles. The third-order valence-electron chi connectivity index (χ3n) is 3.53. The molecule has 1 unspecified atom stereocenters. The topological polar surface area (TPSA) is 58.6 Å². The third kappa shape index (κ3) is 6.11. The summed E-state index contributed by atoms with van der Waals surface area (Å²) in [4.78, 5) is 11.8. The van der Waals surface area contributed by atoms with Gasteiger partial charge in [-0.2, -0.15) is 13.2 Å². The monoisotopic (exact) mass is 353 g/mol. The molecule has 0 aliphatic heterocycles. The molecule has 2 aromatic rings. The Kier molecular flexibility index (Phi) is 6.41.